The van der Waals surface area contributed by atoms with E-state index in [0.29, 0.717) is 0 Å². The molecule has 1 heterocycles. The van der Waals surface area contributed by atoms with Crippen LogP contribution in [-0.4, -0.2) is 7.28 Å². The van der Waals surface area contributed by atoms with E-state index in [4.69, 9.17) is 0 Å². The minimum Gasteiger partial charge on any atom is -0.203 e. The first kappa shape index (κ1) is 14.3. The molecule has 101 valence electrons. The Morgan fingerprint density at radius 1 is 0.600 bits per heavy atom. The average molecular weight is 281 g/mol. The first-order valence-electron chi connectivity index (χ1n) is 5.61. The fourth-order valence-electron chi connectivity index (χ4n) is 1.66. The fraction of sp³-hybridized carbons (Fsp3) is 0. The molecule has 1 aromatic carbocycles. The zero-order chi connectivity index (χ0) is 14.7. The van der Waals surface area contributed by atoms with E-state index >= 15 is 0 Å². The van der Waals surface area contributed by atoms with Crippen molar-refractivity contribution >= 4 is 12.8 Å². The van der Waals surface area contributed by atoms with Crippen molar-refractivity contribution in [3.63, 3.8) is 0 Å². The summed E-state index contributed by atoms with van der Waals surface area (Å²) in [6, 6.07) is 0. The predicted octanol–water partition coefficient (Wildman–Crippen LogP) is 4.07. The van der Waals surface area contributed by atoms with Gasteiger partial charge >= 0.3 is 0 Å². The third-order valence-electron chi connectivity index (χ3n) is 2.61. The van der Waals surface area contributed by atoms with Crippen LogP contribution >= 0.6 is 0 Å². The maximum atomic E-state index is 13.7. The number of rotatable bonds is 1. The van der Waals surface area contributed by atoms with E-state index in [1.54, 1.807) is 24.3 Å². The Labute approximate surface area is 112 Å². The Kier molecular flexibility index (Phi) is 4.22. The van der Waals surface area contributed by atoms with Gasteiger partial charge in [0.1, 0.15) is 0 Å². The Hall–Kier alpha value is -2.11. The highest BCUT2D eigenvalue weighted by Crippen LogP contribution is 2.28. The summed E-state index contributed by atoms with van der Waals surface area (Å²) >= 11 is 0. The van der Waals surface area contributed by atoms with Gasteiger partial charge in [-0.05, 0) is 0 Å². The van der Waals surface area contributed by atoms with E-state index in [1.807, 2.05) is 0 Å². The van der Waals surface area contributed by atoms with Gasteiger partial charge in [0, 0.05) is 5.56 Å². The molecule has 0 bridgehead atoms. The highest BCUT2D eigenvalue weighted by Gasteiger charge is 2.27. The van der Waals surface area contributed by atoms with Gasteiger partial charge in [-0.15, -0.1) is 5.98 Å². The monoisotopic (exact) mass is 281 g/mol. The lowest BCUT2D eigenvalue weighted by atomic mass is 9.66. The van der Waals surface area contributed by atoms with Crippen molar-refractivity contribution in [1.29, 1.82) is 0 Å². The number of hydrogen-bond donors (Lipinski definition) is 0. The van der Waals surface area contributed by atoms with Crippen LogP contribution < -0.4 is 0 Å². The van der Waals surface area contributed by atoms with Gasteiger partial charge in [0.05, 0.1) is 0 Å². The van der Waals surface area contributed by atoms with Crippen LogP contribution in [0, 0.1) is 29.1 Å². The van der Waals surface area contributed by atoms with E-state index in [0.717, 1.165) is 0 Å². The molecule has 0 amide bonds. The fourth-order valence-corrected chi connectivity index (χ4v) is 1.66. The second-order valence-electron chi connectivity index (χ2n) is 3.89. The predicted molar refractivity (Wildman–Crippen MR) is 67.4 cm³/mol. The lowest BCUT2D eigenvalue weighted by Gasteiger charge is -2.10. The van der Waals surface area contributed by atoms with E-state index in [2.05, 4.69) is 0 Å². The number of hydrogen-bond acceptors (Lipinski definition) is 0. The van der Waals surface area contributed by atoms with Crippen molar-refractivity contribution in [2.45, 2.75) is 0 Å². The smallest absolute Gasteiger partial charge is 0.200 e. The molecule has 0 saturated carbocycles. The van der Waals surface area contributed by atoms with E-state index < -0.39 is 34.6 Å². The summed E-state index contributed by atoms with van der Waals surface area (Å²) in [6.45, 7) is 0. The van der Waals surface area contributed by atoms with Crippen molar-refractivity contribution in [1.82, 2.24) is 0 Å². The minimum absolute atomic E-state index is 0.117. The molecule has 0 fully saturated rings. The summed E-state index contributed by atoms with van der Waals surface area (Å²) in [5.74, 6) is -8.35. The SMILES string of the molecule is Fc1c(F)c(F)c(C2=CC=CC=CC=C[B]2)c(F)c1F. The highest BCUT2D eigenvalue weighted by molar-refractivity contribution is 6.65. The molecule has 0 saturated heterocycles. The lowest BCUT2D eigenvalue weighted by Crippen LogP contribution is -2.09. The van der Waals surface area contributed by atoms with E-state index in [9.17, 15) is 22.0 Å². The van der Waals surface area contributed by atoms with Gasteiger partial charge in [-0.1, -0.05) is 41.9 Å². The van der Waals surface area contributed by atoms with Crippen molar-refractivity contribution in [2.24, 2.45) is 0 Å². The molecule has 1 aliphatic heterocycles. The Morgan fingerprint density at radius 2 is 1.10 bits per heavy atom. The van der Waals surface area contributed by atoms with Gasteiger partial charge in [0.25, 0.3) is 0 Å². The van der Waals surface area contributed by atoms with Crippen LogP contribution in [0.1, 0.15) is 5.56 Å². The molecular weight excluding hydrogens is 274 g/mol. The van der Waals surface area contributed by atoms with Gasteiger partial charge in [0.2, 0.25) is 5.82 Å². The largest absolute Gasteiger partial charge is 0.203 e. The molecule has 0 unspecified atom stereocenters. The normalized spacial score (nSPS) is 14.3. The topological polar surface area (TPSA) is 0 Å². The molecule has 0 aromatic heterocycles. The third kappa shape index (κ3) is 2.59. The molecule has 0 aliphatic carbocycles. The summed E-state index contributed by atoms with van der Waals surface area (Å²) in [7, 11) is 1.26. The number of halogens is 5. The van der Waals surface area contributed by atoms with Crippen molar-refractivity contribution in [3.05, 3.63) is 77.1 Å². The van der Waals surface area contributed by atoms with Crippen LogP contribution in [0.2, 0.25) is 0 Å². The second-order valence-corrected chi connectivity index (χ2v) is 3.89. The van der Waals surface area contributed by atoms with Crippen molar-refractivity contribution in [3.8, 4) is 0 Å². The van der Waals surface area contributed by atoms with E-state index in [-0.39, 0.29) is 5.47 Å². The van der Waals surface area contributed by atoms with Crippen molar-refractivity contribution in [2.75, 3.05) is 0 Å². The maximum Gasteiger partial charge on any atom is 0.200 e. The zero-order valence-electron chi connectivity index (χ0n) is 10.0. The summed E-state index contributed by atoms with van der Waals surface area (Å²) in [5.41, 5.74) is -1.06. The molecule has 0 N–H and O–H groups in total. The molecule has 0 atom stereocenters. The van der Waals surface area contributed by atoms with Crippen LogP contribution in [0.15, 0.2) is 42.4 Å². The third-order valence-corrected chi connectivity index (χ3v) is 2.61. The molecular formula is C14H7BF5. The lowest BCUT2D eigenvalue weighted by molar-refractivity contribution is 0.376. The highest BCUT2D eigenvalue weighted by atomic mass is 19.2. The van der Waals surface area contributed by atoms with Gasteiger partial charge in [-0.3, -0.25) is 0 Å². The second kappa shape index (κ2) is 5.90. The van der Waals surface area contributed by atoms with Crippen LogP contribution in [0.5, 0.6) is 0 Å². The maximum absolute atomic E-state index is 13.7. The average Bonchev–Trinajstić information content (AvgIpc) is 2.57. The number of allylic oxidation sites excluding steroid dienone is 6. The molecule has 6 heteroatoms. The van der Waals surface area contributed by atoms with Crippen molar-refractivity contribution < 1.29 is 22.0 Å². The summed E-state index contributed by atoms with van der Waals surface area (Å²) in [4.78, 5) is 0. The minimum atomic E-state index is -2.17. The van der Waals surface area contributed by atoms with Crippen LogP contribution in [-0.2, 0) is 0 Å². The zero-order valence-corrected chi connectivity index (χ0v) is 10.0. The molecule has 20 heavy (non-hydrogen) atoms. The van der Waals surface area contributed by atoms with Gasteiger partial charge in [-0.25, -0.2) is 22.0 Å². The Bertz CT molecular complexity index is 627. The summed E-state index contributed by atoms with van der Waals surface area (Å²) in [5, 5.41) is 0. The standard InChI is InChI=1S/C14H7BF5/c16-10-9(11(17)13(19)14(20)12(10)18)8-6-4-2-1-3-5-7-15-8/h1-7H. The van der Waals surface area contributed by atoms with Gasteiger partial charge < -0.3 is 0 Å². The summed E-state index contributed by atoms with van der Waals surface area (Å²) < 4.78 is 66.7. The first-order valence-corrected chi connectivity index (χ1v) is 5.61. The van der Waals surface area contributed by atoms with E-state index in [1.165, 1.54) is 25.4 Å². The Balaban J connectivity index is 2.63. The van der Waals surface area contributed by atoms with Gasteiger partial charge in [-0.2, -0.15) is 0 Å². The number of benzene rings is 1. The quantitative estimate of drug-likeness (QED) is 0.315. The molecule has 0 spiro atoms. The van der Waals surface area contributed by atoms with Crippen LogP contribution in [0.3, 0.4) is 0 Å². The molecule has 2 rings (SSSR count). The van der Waals surface area contributed by atoms with Crippen LogP contribution in [0.4, 0.5) is 22.0 Å². The first-order chi connectivity index (χ1) is 9.54. The molecule has 1 aromatic rings. The Morgan fingerprint density at radius 3 is 1.75 bits per heavy atom. The van der Waals surface area contributed by atoms with Crippen LogP contribution in [0.25, 0.3) is 5.47 Å². The molecule has 1 aliphatic rings. The van der Waals surface area contributed by atoms with Gasteiger partial charge in [0.15, 0.2) is 30.5 Å². The summed E-state index contributed by atoms with van der Waals surface area (Å²) in [6.07, 6.45) is 9.14. The molecule has 0 nitrogen and oxygen atoms in total. The molecule has 1 radical (unpaired) electrons.